The molecule has 20 heavy (non-hydrogen) atoms. The highest BCUT2D eigenvalue weighted by Gasteiger charge is 2.57. The first-order valence-electron chi connectivity index (χ1n) is 6.85. The van der Waals surface area contributed by atoms with Gasteiger partial charge in [-0.2, -0.15) is 0 Å². The Hall–Kier alpha value is -1.65. The molecule has 3 aliphatic rings. The number of hydrogen-bond acceptors (Lipinski definition) is 2. The van der Waals surface area contributed by atoms with Gasteiger partial charge in [-0.15, -0.1) is 0 Å². The molecule has 0 radical (unpaired) electrons. The van der Waals surface area contributed by atoms with E-state index in [-0.39, 0.29) is 23.4 Å². The van der Waals surface area contributed by atoms with Crippen molar-refractivity contribution in [3.05, 3.63) is 65.2 Å². The number of ether oxygens (including phenoxy) is 1. The molecule has 1 fully saturated rings. The predicted octanol–water partition coefficient (Wildman–Crippen LogP) is 3.05. The van der Waals surface area contributed by atoms with Crippen molar-refractivity contribution in [2.75, 3.05) is 4.72 Å². The Bertz CT molecular complexity index is 745. The Morgan fingerprint density at radius 2 is 1.55 bits per heavy atom. The van der Waals surface area contributed by atoms with Crippen LogP contribution >= 0.6 is 0 Å². The number of anilines is 1. The Labute approximate surface area is 119 Å². The van der Waals surface area contributed by atoms with Crippen LogP contribution in [0, 0.1) is 0 Å². The summed E-state index contributed by atoms with van der Waals surface area (Å²) in [5.74, 6) is 0.202. The fourth-order valence-corrected chi connectivity index (χ4v) is 5.40. The predicted molar refractivity (Wildman–Crippen MR) is 77.7 cm³/mol. The molecule has 1 saturated heterocycles. The van der Waals surface area contributed by atoms with Crippen molar-refractivity contribution in [3.63, 3.8) is 0 Å². The molecule has 100 valence electrons. The molecule has 5 rings (SSSR count). The van der Waals surface area contributed by atoms with Crippen molar-refractivity contribution in [1.29, 1.82) is 0 Å². The fraction of sp³-hybridized carbons (Fsp3) is 0.250. The van der Waals surface area contributed by atoms with E-state index in [0.29, 0.717) is 0 Å². The van der Waals surface area contributed by atoms with Gasteiger partial charge in [-0.1, -0.05) is 42.5 Å². The lowest BCUT2D eigenvalue weighted by molar-refractivity contribution is 0.0683. The first-order chi connectivity index (χ1) is 9.84. The lowest BCUT2D eigenvalue weighted by Crippen LogP contribution is -2.36. The summed E-state index contributed by atoms with van der Waals surface area (Å²) < 4.78 is 21.9. The highest BCUT2D eigenvalue weighted by molar-refractivity contribution is 7.87. The molecule has 0 spiro atoms. The lowest BCUT2D eigenvalue weighted by Gasteiger charge is -2.34. The zero-order valence-electron chi connectivity index (χ0n) is 10.7. The largest absolute Gasteiger partial charge is 0.364 e. The lowest BCUT2D eigenvalue weighted by atomic mass is 9.79. The molecule has 4 heteroatoms. The third-order valence-electron chi connectivity index (χ3n) is 4.66. The summed E-state index contributed by atoms with van der Waals surface area (Å²) in [5, 5.41) is 0.0183. The zero-order valence-corrected chi connectivity index (χ0v) is 11.5. The molecular formula is C16H13NO2S. The molecule has 3 aliphatic heterocycles. The molecule has 2 aromatic rings. The third-order valence-corrected chi connectivity index (χ3v) is 6.11. The molecule has 0 aromatic heterocycles. The second-order valence-corrected chi connectivity index (χ2v) is 6.93. The molecule has 2 aromatic carbocycles. The maximum atomic E-state index is 12.6. The molecule has 1 N–H and O–H groups in total. The average Bonchev–Trinajstić information content (AvgIpc) is 3.05. The van der Waals surface area contributed by atoms with Gasteiger partial charge < -0.3 is 9.46 Å². The van der Waals surface area contributed by atoms with E-state index in [4.69, 9.17) is 4.74 Å². The Balaban J connectivity index is 1.75. The van der Waals surface area contributed by atoms with E-state index < -0.39 is 11.0 Å². The second kappa shape index (κ2) is 3.71. The summed E-state index contributed by atoms with van der Waals surface area (Å²) in [6.45, 7) is 0. The van der Waals surface area contributed by atoms with Gasteiger partial charge in [-0.25, -0.2) is 4.21 Å². The fourth-order valence-electron chi connectivity index (χ4n) is 3.87. The van der Waals surface area contributed by atoms with Crippen LogP contribution in [0.5, 0.6) is 0 Å². The van der Waals surface area contributed by atoms with Crippen LogP contribution in [0.1, 0.15) is 34.8 Å². The highest BCUT2D eigenvalue weighted by Crippen LogP contribution is 2.61. The Morgan fingerprint density at radius 1 is 0.900 bits per heavy atom. The standard InChI is InChI=1S/C16H13NO2S/c18-20-16-13(11-7-3-4-8-12(11)17-20)14-9-5-1-2-6-10(9)15(16)19-14/h1-8,13-17H/t13-,14-,15-,16+,20+/m1/s1. The van der Waals surface area contributed by atoms with Gasteiger partial charge >= 0.3 is 0 Å². The van der Waals surface area contributed by atoms with Crippen molar-refractivity contribution in [3.8, 4) is 0 Å². The molecular weight excluding hydrogens is 270 g/mol. The molecule has 5 atom stereocenters. The van der Waals surface area contributed by atoms with Gasteiger partial charge in [0.1, 0.15) is 17.1 Å². The minimum atomic E-state index is -1.09. The minimum Gasteiger partial charge on any atom is -0.364 e. The van der Waals surface area contributed by atoms with Gasteiger partial charge in [0, 0.05) is 11.6 Å². The van der Waals surface area contributed by atoms with E-state index in [1.165, 1.54) is 16.7 Å². The van der Waals surface area contributed by atoms with Gasteiger partial charge in [-0.05, 0) is 22.8 Å². The highest BCUT2D eigenvalue weighted by atomic mass is 32.2. The first kappa shape index (κ1) is 11.1. The van der Waals surface area contributed by atoms with E-state index in [2.05, 4.69) is 29.0 Å². The topological polar surface area (TPSA) is 38.3 Å². The van der Waals surface area contributed by atoms with Crippen LogP contribution in [-0.4, -0.2) is 9.46 Å². The number of fused-ring (bicyclic) bond motifs is 10. The van der Waals surface area contributed by atoms with Gasteiger partial charge in [0.15, 0.2) is 0 Å². The van der Waals surface area contributed by atoms with E-state index in [1.54, 1.807) is 0 Å². The molecule has 2 bridgehead atoms. The molecule has 0 saturated carbocycles. The maximum absolute atomic E-state index is 12.6. The van der Waals surface area contributed by atoms with Crippen molar-refractivity contribution < 1.29 is 8.95 Å². The van der Waals surface area contributed by atoms with Crippen LogP contribution in [0.25, 0.3) is 0 Å². The number of benzene rings is 2. The van der Waals surface area contributed by atoms with Crippen LogP contribution in [0.15, 0.2) is 48.5 Å². The molecule has 3 nitrogen and oxygen atoms in total. The molecule has 0 amide bonds. The Morgan fingerprint density at radius 3 is 2.35 bits per heavy atom. The van der Waals surface area contributed by atoms with Crippen LogP contribution < -0.4 is 4.72 Å². The van der Waals surface area contributed by atoms with Crippen LogP contribution in [0.3, 0.4) is 0 Å². The maximum Gasteiger partial charge on any atom is 0.124 e. The molecule has 0 aliphatic carbocycles. The number of rotatable bonds is 0. The monoisotopic (exact) mass is 283 g/mol. The van der Waals surface area contributed by atoms with Crippen LogP contribution in [0.2, 0.25) is 0 Å². The van der Waals surface area contributed by atoms with Gasteiger partial charge in [-0.3, -0.25) is 0 Å². The third kappa shape index (κ3) is 1.21. The van der Waals surface area contributed by atoms with Crippen molar-refractivity contribution >= 4 is 16.7 Å². The zero-order chi connectivity index (χ0) is 13.3. The van der Waals surface area contributed by atoms with E-state index >= 15 is 0 Å². The van der Waals surface area contributed by atoms with Gasteiger partial charge in [0.05, 0.1) is 11.4 Å². The quantitative estimate of drug-likeness (QED) is 0.807. The minimum absolute atomic E-state index is 0.0183. The summed E-state index contributed by atoms with van der Waals surface area (Å²) in [6.07, 6.45) is 0.0105. The summed E-state index contributed by atoms with van der Waals surface area (Å²) >= 11 is 0. The number of nitrogens with one attached hydrogen (secondary N) is 1. The van der Waals surface area contributed by atoms with Gasteiger partial charge in [0.25, 0.3) is 0 Å². The molecule has 3 heterocycles. The second-order valence-electron chi connectivity index (χ2n) is 5.58. The van der Waals surface area contributed by atoms with Crippen molar-refractivity contribution in [2.24, 2.45) is 0 Å². The smallest absolute Gasteiger partial charge is 0.124 e. The summed E-state index contributed by atoms with van der Waals surface area (Å²) in [7, 11) is -1.09. The first-order valence-corrected chi connectivity index (χ1v) is 8.06. The summed E-state index contributed by atoms with van der Waals surface area (Å²) in [5.41, 5.74) is 4.71. The SMILES string of the molecule is O=[S@@]1Nc2ccccc2[C@H]2[C@H]1[C@@H]1O[C@@H]2c2ccccc21. The van der Waals surface area contributed by atoms with E-state index in [0.717, 1.165) is 5.69 Å². The van der Waals surface area contributed by atoms with Crippen molar-refractivity contribution in [1.82, 2.24) is 0 Å². The Kier molecular flexibility index (Phi) is 2.05. The van der Waals surface area contributed by atoms with E-state index in [9.17, 15) is 4.21 Å². The van der Waals surface area contributed by atoms with Crippen molar-refractivity contribution in [2.45, 2.75) is 23.4 Å². The summed E-state index contributed by atoms with van der Waals surface area (Å²) in [6, 6.07) is 16.5. The number of para-hydroxylation sites is 1. The van der Waals surface area contributed by atoms with Crippen LogP contribution in [-0.2, 0) is 15.7 Å². The van der Waals surface area contributed by atoms with Gasteiger partial charge in [0.2, 0.25) is 0 Å². The normalized spacial score (nSPS) is 35.9. The molecule has 0 unspecified atom stereocenters. The van der Waals surface area contributed by atoms with E-state index in [1.807, 2.05) is 24.3 Å². The summed E-state index contributed by atoms with van der Waals surface area (Å²) in [4.78, 5) is 0. The average molecular weight is 283 g/mol. The number of hydrogen-bond donors (Lipinski definition) is 1. The van der Waals surface area contributed by atoms with Crippen LogP contribution in [0.4, 0.5) is 5.69 Å².